The first-order valence-electron chi connectivity index (χ1n) is 6.21. The molecular weight excluding hydrogens is 266 g/mol. The molecule has 0 aliphatic carbocycles. The fraction of sp³-hybridized carbons (Fsp3) is 0.0625. The van der Waals surface area contributed by atoms with Gasteiger partial charge in [0.15, 0.2) is 0 Å². The summed E-state index contributed by atoms with van der Waals surface area (Å²) < 4.78 is 1.15. The van der Waals surface area contributed by atoms with Crippen molar-refractivity contribution >= 4 is 33.3 Å². The van der Waals surface area contributed by atoms with Crippen LogP contribution in [0.5, 0.6) is 0 Å². The van der Waals surface area contributed by atoms with E-state index in [2.05, 4.69) is 29.5 Å². The van der Waals surface area contributed by atoms with Crippen molar-refractivity contribution in [3.05, 3.63) is 53.8 Å². The average Bonchev–Trinajstić information content (AvgIpc) is 2.82. The molecule has 4 heteroatoms. The van der Waals surface area contributed by atoms with Crippen molar-refractivity contribution in [2.75, 3.05) is 0 Å². The van der Waals surface area contributed by atoms with Gasteiger partial charge in [-0.3, -0.25) is 4.98 Å². The largest absolute Gasteiger partial charge is 0.308 e. The normalized spacial score (nSPS) is 10.7. The molecule has 3 aromatic heterocycles. The second kappa shape index (κ2) is 4.98. The van der Waals surface area contributed by atoms with Gasteiger partial charge >= 0.3 is 0 Å². The molecule has 20 heavy (non-hydrogen) atoms. The number of pyridine rings is 2. The summed E-state index contributed by atoms with van der Waals surface area (Å²) in [5.41, 5.74) is 4.61. The minimum absolute atomic E-state index is 0.622. The summed E-state index contributed by atoms with van der Waals surface area (Å²) in [7, 11) is 0. The Bertz CT molecular complexity index is 803. The quantitative estimate of drug-likeness (QED) is 0.725. The number of thiophene rings is 1. The van der Waals surface area contributed by atoms with E-state index in [1.807, 2.05) is 18.2 Å². The predicted octanol–water partition coefficient (Wildman–Crippen LogP) is 4.33. The van der Waals surface area contributed by atoms with Gasteiger partial charge in [0.1, 0.15) is 0 Å². The topological polar surface area (TPSA) is 49.6 Å². The molecular formula is C16H13N3S. The van der Waals surface area contributed by atoms with Crippen LogP contribution in [0.4, 0.5) is 0 Å². The molecule has 0 aliphatic rings. The number of rotatable bonds is 3. The van der Waals surface area contributed by atoms with Gasteiger partial charge < -0.3 is 5.41 Å². The molecule has 98 valence electrons. The molecule has 0 aliphatic heterocycles. The Morgan fingerprint density at radius 3 is 2.70 bits per heavy atom. The van der Waals surface area contributed by atoms with E-state index in [-0.39, 0.29) is 0 Å². The molecule has 0 spiro atoms. The van der Waals surface area contributed by atoms with E-state index in [0.29, 0.717) is 5.57 Å². The van der Waals surface area contributed by atoms with Gasteiger partial charge in [-0.2, -0.15) is 0 Å². The zero-order valence-electron chi connectivity index (χ0n) is 11.1. The zero-order chi connectivity index (χ0) is 14.1. The fourth-order valence-corrected chi connectivity index (χ4v) is 3.23. The van der Waals surface area contributed by atoms with Crippen LogP contribution in [0.15, 0.2) is 43.2 Å². The van der Waals surface area contributed by atoms with Gasteiger partial charge in [-0.15, -0.1) is 11.3 Å². The van der Waals surface area contributed by atoms with Crippen LogP contribution in [0.2, 0.25) is 0 Å². The third kappa shape index (κ3) is 2.04. The molecule has 0 unspecified atom stereocenters. The van der Waals surface area contributed by atoms with E-state index in [9.17, 15) is 0 Å². The highest BCUT2D eigenvalue weighted by atomic mass is 32.1. The molecule has 0 bridgehead atoms. The van der Waals surface area contributed by atoms with Crippen LogP contribution in [-0.4, -0.2) is 16.2 Å². The van der Waals surface area contributed by atoms with Crippen LogP contribution in [0.1, 0.15) is 10.6 Å². The molecule has 0 saturated carbocycles. The minimum atomic E-state index is 0.622. The molecule has 0 fully saturated rings. The van der Waals surface area contributed by atoms with Crippen LogP contribution in [-0.2, 0) is 0 Å². The summed E-state index contributed by atoms with van der Waals surface area (Å²) in [5, 5.41) is 7.31. The highest BCUT2D eigenvalue weighted by molar-refractivity contribution is 7.19. The summed E-state index contributed by atoms with van der Waals surface area (Å²) >= 11 is 1.73. The van der Waals surface area contributed by atoms with Gasteiger partial charge in [-0.25, -0.2) is 4.98 Å². The van der Waals surface area contributed by atoms with Gasteiger partial charge in [-0.05, 0) is 36.8 Å². The summed E-state index contributed by atoms with van der Waals surface area (Å²) in [6.45, 7) is 5.95. The number of fused-ring (bicyclic) bond motifs is 1. The first-order valence-corrected chi connectivity index (χ1v) is 7.02. The zero-order valence-corrected chi connectivity index (χ0v) is 11.9. The van der Waals surface area contributed by atoms with E-state index < -0.39 is 0 Å². The lowest BCUT2D eigenvalue weighted by atomic mass is 10.1. The Kier molecular flexibility index (Phi) is 3.16. The SMILES string of the molecule is C=C(C=N)c1ccc2sc(C)c(-c3ccncc3)c2n1. The lowest BCUT2D eigenvalue weighted by Crippen LogP contribution is -1.89. The van der Waals surface area contributed by atoms with Crippen molar-refractivity contribution < 1.29 is 0 Å². The Morgan fingerprint density at radius 2 is 2.00 bits per heavy atom. The van der Waals surface area contributed by atoms with E-state index in [4.69, 9.17) is 5.41 Å². The lowest BCUT2D eigenvalue weighted by Gasteiger charge is -2.03. The van der Waals surface area contributed by atoms with E-state index in [1.165, 1.54) is 11.1 Å². The first kappa shape index (κ1) is 12.7. The van der Waals surface area contributed by atoms with Gasteiger partial charge in [0.05, 0.1) is 15.9 Å². The molecule has 3 rings (SSSR count). The molecule has 0 amide bonds. The smallest absolute Gasteiger partial charge is 0.0898 e. The van der Waals surface area contributed by atoms with E-state index in [0.717, 1.165) is 27.0 Å². The Balaban J connectivity index is 2.28. The second-order valence-electron chi connectivity index (χ2n) is 4.48. The van der Waals surface area contributed by atoms with Crippen LogP contribution >= 0.6 is 11.3 Å². The first-order chi connectivity index (χ1) is 9.70. The maximum absolute atomic E-state index is 7.31. The van der Waals surface area contributed by atoms with Crippen molar-refractivity contribution in [2.24, 2.45) is 0 Å². The fourth-order valence-electron chi connectivity index (χ4n) is 2.20. The number of aromatic nitrogens is 2. The Hall–Kier alpha value is -2.33. The third-order valence-electron chi connectivity index (χ3n) is 3.18. The Labute approximate surface area is 121 Å². The predicted molar refractivity (Wildman–Crippen MR) is 85.4 cm³/mol. The average molecular weight is 279 g/mol. The van der Waals surface area contributed by atoms with Gasteiger partial charge in [0.25, 0.3) is 0 Å². The third-order valence-corrected chi connectivity index (χ3v) is 4.24. The monoisotopic (exact) mass is 279 g/mol. The summed E-state index contributed by atoms with van der Waals surface area (Å²) in [4.78, 5) is 9.98. The van der Waals surface area contributed by atoms with Crippen LogP contribution in [0.3, 0.4) is 0 Å². The van der Waals surface area contributed by atoms with Crippen molar-refractivity contribution in [2.45, 2.75) is 6.92 Å². The molecule has 3 aromatic rings. The number of allylic oxidation sites excluding steroid dienone is 1. The Morgan fingerprint density at radius 1 is 1.25 bits per heavy atom. The van der Waals surface area contributed by atoms with Crippen molar-refractivity contribution in [3.63, 3.8) is 0 Å². The molecule has 0 aromatic carbocycles. The number of hydrogen-bond donors (Lipinski definition) is 1. The van der Waals surface area contributed by atoms with Crippen molar-refractivity contribution in [1.29, 1.82) is 5.41 Å². The van der Waals surface area contributed by atoms with E-state index >= 15 is 0 Å². The number of aryl methyl sites for hydroxylation is 1. The summed E-state index contributed by atoms with van der Waals surface area (Å²) in [5.74, 6) is 0. The lowest BCUT2D eigenvalue weighted by molar-refractivity contribution is 1.32. The maximum atomic E-state index is 7.31. The highest BCUT2D eigenvalue weighted by Gasteiger charge is 2.13. The number of hydrogen-bond acceptors (Lipinski definition) is 4. The van der Waals surface area contributed by atoms with Crippen LogP contribution < -0.4 is 0 Å². The summed E-state index contributed by atoms with van der Waals surface area (Å²) in [6, 6.07) is 7.96. The van der Waals surface area contributed by atoms with Crippen molar-refractivity contribution in [1.82, 2.24) is 9.97 Å². The van der Waals surface area contributed by atoms with Crippen LogP contribution in [0, 0.1) is 12.3 Å². The summed E-state index contributed by atoms with van der Waals surface area (Å²) in [6.07, 6.45) is 4.82. The van der Waals surface area contributed by atoms with E-state index in [1.54, 1.807) is 23.7 Å². The molecule has 0 atom stereocenters. The highest BCUT2D eigenvalue weighted by Crippen LogP contribution is 2.37. The number of nitrogens with zero attached hydrogens (tertiary/aromatic N) is 2. The molecule has 3 heterocycles. The number of nitrogens with one attached hydrogen (secondary N) is 1. The maximum Gasteiger partial charge on any atom is 0.0898 e. The van der Waals surface area contributed by atoms with Gasteiger partial charge in [0, 0.05) is 34.6 Å². The molecule has 0 saturated heterocycles. The van der Waals surface area contributed by atoms with Gasteiger partial charge in [0.2, 0.25) is 0 Å². The standard InChI is InChI=1S/C16H13N3S/c1-10(9-17)13-3-4-14-16(19-13)15(11(2)20-14)12-5-7-18-8-6-12/h3-9,17H,1H2,2H3. The molecule has 0 radical (unpaired) electrons. The van der Waals surface area contributed by atoms with Crippen molar-refractivity contribution in [3.8, 4) is 11.1 Å². The molecule has 3 nitrogen and oxygen atoms in total. The minimum Gasteiger partial charge on any atom is -0.308 e. The second-order valence-corrected chi connectivity index (χ2v) is 5.74. The van der Waals surface area contributed by atoms with Gasteiger partial charge in [-0.1, -0.05) is 6.58 Å². The van der Waals surface area contributed by atoms with Crippen LogP contribution in [0.25, 0.3) is 26.9 Å². The molecule has 1 N–H and O–H groups in total.